The van der Waals surface area contributed by atoms with Crippen LogP contribution in [-0.2, 0) is 20.8 Å². The molecule has 0 bridgehead atoms. The number of carbonyl (C=O) groups is 3. The monoisotopic (exact) mass is 481 g/mol. The van der Waals surface area contributed by atoms with Crippen LogP contribution >= 0.6 is 0 Å². The van der Waals surface area contributed by atoms with Gasteiger partial charge in [-0.2, -0.15) is 0 Å². The zero-order valence-electron chi connectivity index (χ0n) is 21.1. The van der Waals surface area contributed by atoms with Crippen LogP contribution in [0.15, 0.2) is 36.4 Å². The Balaban J connectivity index is 1.83. The molecular weight excluding hydrogens is 446 g/mol. The second-order valence-corrected chi connectivity index (χ2v) is 8.55. The zero-order chi connectivity index (χ0) is 25.4. The van der Waals surface area contributed by atoms with E-state index in [1.807, 2.05) is 44.2 Å². The number of esters is 1. The summed E-state index contributed by atoms with van der Waals surface area (Å²) in [5.74, 6) is -0.896. The molecule has 35 heavy (non-hydrogen) atoms. The average Bonchev–Trinajstić information content (AvgIpc) is 3.14. The predicted octanol–water partition coefficient (Wildman–Crippen LogP) is 2.97. The predicted molar refractivity (Wildman–Crippen MR) is 135 cm³/mol. The van der Waals surface area contributed by atoms with Crippen molar-refractivity contribution in [2.24, 2.45) is 0 Å². The van der Waals surface area contributed by atoms with E-state index in [1.54, 1.807) is 22.5 Å². The largest absolute Gasteiger partial charge is 0.464 e. The maximum absolute atomic E-state index is 13.5. The Kier molecular flexibility index (Phi) is 9.39. The van der Waals surface area contributed by atoms with Crippen LogP contribution < -0.4 is 0 Å². The Morgan fingerprint density at radius 1 is 1.11 bits per heavy atom. The molecule has 0 radical (unpaired) electrons. The van der Waals surface area contributed by atoms with E-state index in [0.29, 0.717) is 55.4 Å². The minimum Gasteiger partial charge on any atom is -0.464 e. The molecule has 0 atom stereocenters. The smallest absolute Gasteiger partial charge is 0.354 e. The molecule has 1 fully saturated rings. The number of ether oxygens (including phenoxy) is 2. The quantitative estimate of drug-likeness (QED) is 0.295. The fourth-order valence-electron chi connectivity index (χ4n) is 4.50. The number of methoxy groups -OCH3 is 1. The molecule has 2 aromatic rings. The van der Waals surface area contributed by atoms with Crippen molar-refractivity contribution >= 4 is 23.7 Å². The first-order valence-corrected chi connectivity index (χ1v) is 12.0. The van der Waals surface area contributed by atoms with Gasteiger partial charge in [-0.15, -0.1) is 0 Å². The molecule has 1 aliphatic heterocycles. The summed E-state index contributed by atoms with van der Waals surface area (Å²) >= 11 is 0. The van der Waals surface area contributed by atoms with E-state index in [9.17, 15) is 14.4 Å². The molecule has 1 aliphatic rings. The first-order chi connectivity index (χ1) is 16.9. The Hall–Kier alpha value is -3.23. The Morgan fingerprint density at radius 3 is 2.43 bits per heavy atom. The Labute approximate surface area is 207 Å². The highest BCUT2D eigenvalue weighted by atomic mass is 16.5. The van der Waals surface area contributed by atoms with Crippen molar-refractivity contribution in [1.82, 2.24) is 14.4 Å². The van der Waals surface area contributed by atoms with Crippen molar-refractivity contribution in [3.63, 3.8) is 0 Å². The van der Waals surface area contributed by atoms with Crippen LogP contribution in [0.25, 0.3) is 6.08 Å². The number of morpholine rings is 1. The van der Waals surface area contributed by atoms with Gasteiger partial charge < -0.3 is 18.9 Å². The maximum Gasteiger partial charge on any atom is 0.354 e. The van der Waals surface area contributed by atoms with Crippen molar-refractivity contribution in [2.75, 3.05) is 53.0 Å². The van der Waals surface area contributed by atoms with Gasteiger partial charge in [-0.1, -0.05) is 30.3 Å². The van der Waals surface area contributed by atoms with Crippen LogP contribution in [0.1, 0.15) is 44.6 Å². The summed E-state index contributed by atoms with van der Waals surface area (Å²) in [5.41, 5.74) is 3.06. The lowest BCUT2D eigenvalue weighted by atomic mass is 10.0. The first kappa shape index (κ1) is 26.4. The number of aromatic nitrogens is 1. The van der Waals surface area contributed by atoms with Gasteiger partial charge in [-0.3, -0.25) is 14.5 Å². The van der Waals surface area contributed by atoms with Gasteiger partial charge in [0.15, 0.2) is 5.78 Å². The lowest BCUT2D eigenvalue weighted by Gasteiger charge is -2.29. The van der Waals surface area contributed by atoms with E-state index in [4.69, 9.17) is 9.47 Å². The number of hydrogen-bond acceptors (Lipinski definition) is 6. The van der Waals surface area contributed by atoms with E-state index >= 15 is 0 Å². The van der Waals surface area contributed by atoms with Gasteiger partial charge in [-0.25, -0.2) is 4.79 Å². The van der Waals surface area contributed by atoms with Crippen molar-refractivity contribution in [3.8, 4) is 0 Å². The van der Waals surface area contributed by atoms with Gasteiger partial charge in [0, 0.05) is 50.1 Å². The highest BCUT2D eigenvalue weighted by Gasteiger charge is 2.28. The molecule has 0 unspecified atom stereocenters. The van der Waals surface area contributed by atoms with Gasteiger partial charge >= 0.3 is 5.97 Å². The van der Waals surface area contributed by atoms with Crippen LogP contribution in [0.2, 0.25) is 0 Å². The number of nitrogens with zero attached hydrogens (tertiary/aromatic N) is 3. The zero-order valence-corrected chi connectivity index (χ0v) is 21.1. The molecule has 0 saturated carbocycles. The summed E-state index contributed by atoms with van der Waals surface area (Å²) in [7, 11) is 1.33. The van der Waals surface area contributed by atoms with Crippen molar-refractivity contribution < 1.29 is 23.9 Å². The van der Waals surface area contributed by atoms with Gasteiger partial charge in [0.25, 0.3) is 0 Å². The maximum atomic E-state index is 13.5. The average molecular weight is 482 g/mol. The molecule has 0 aliphatic carbocycles. The molecule has 1 saturated heterocycles. The summed E-state index contributed by atoms with van der Waals surface area (Å²) < 4.78 is 12.2. The molecule has 2 heterocycles. The second-order valence-electron chi connectivity index (χ2n) is 8.55. The summed E-state index contributed by atoms with van der Waals surface area (Å²) in [6.07, 6.45) is 3.27. The number of Topliss-reactive ketones (excluding diaryl/α,β-unsaturated/α-hetero) is 1. The third-order valence-electron chi connectivity index (χ3n) is 6.39. The molecule has 1 amide bonds. The fraction of sp³-hybridized carbons (Fsp3) is 0.444. The molecule has 188 valence electrons. The Bertz CT molecular complexity index is 1070. The lowest BCUT2D eigenvalue weighted by Crippen LogP contribution is -2.44. The van der Waals surface area contributed by atoms with E-state index < -0.39 is 5.97 Å². The van der Waals surface area contributed by atoms with Crippen LogP contribution in [-0.4, -0.2) is 85.1 Å². The molecule has 8 nitrogen and oxygen atoms in total. The number of amides is 1. The molecule has 0 spiro atoms. The molecular formula is C27H35N3O5. The normalized spacial score (nSPS) is 14.3. The standard InChI is InChI=1S/C27H35N3O5/c1-5-30-21(3)25(20(2)26(30)27(33)34-4)23(31)19-29(14-13-28-15-17-35-18-16-28)24(32)12-11-22-9-7-6-8-10-22/h6-12H,5,13-19H2,1-4H3/b12-11+. The van der Waals surface area contributed by atoms with E-state index in [2.05, 4.69) is 4.90 Å². The third kappa shape index (κ3) is 6.46. The molecule has 1 aromatic carbocycles. The lowest BCUT2D eigenvalue weighted by molar-refractivity contribution is -0.125. The number of hydrogen-bond donors (Lipinski definition) is 0. The van der Waals surface area contributed by atoms with Gasteiger partial charge in [0.1, 0.15) is 5.69 Å². The highest BCUT2D eigenvalue weighted by Crippen LogP contribution is 2.24. The Morgan fingerprint density at radius 2 is 1.80 bits per heavy atom. The molecule has 8 heteroatoms. The van der Waals surface area contributed by atoms with Crippen molar-refractivity contribution in [1.29, 1.82) is 0 Å². The van der Waals surface area contributed by atoms with Crippen LogP contribution in [0.4, 0.5) is 0 Å². The fourth-order valence-corrected chi connectivity index (χ4v) is 4.50. The number of carbonyl (C=O) groups excluding carboxylic acids is 3. The molecule has 3 rings (SSSR count). The van der Waals surface area contributed by atoms with Gasteiger partial charge in [0.05, 0.1) is 26.9 Å². The van der Waals surface area contributed by atoms with E-state index in [-0.39, 0.29) is 18.2 Å². The minimum absolute atomic E-state index is 0.0711. The summed E-state index contributed by atoms with van der Waals surface area (Å²) in [4.78, 5) is 42.9. The SMILES string of the molecule is CCn1c(C)c(C(=O)CN(CCN2CCOCC2)C(=O)/C=C/c2ccccc2)c(C)c1C(=O)OC. The second kappa shape index (κ2) is 12.5. The van der Waals surface area contributed by atoms with Gasteiger partial charge in [0.2, 0.25) is 5.91 Å². The summed E-state index contributed by atoms with van der Waals surface area (Å²) in [5, 5.41) is 0. The van der Waals surface area contributed by atoms with Crippen LogP contribution in [0.5, 0.6) is 0 Å². The minimum atomic E-state index is -0.474. The summed E-state index contributed by atoms with van der Waals surface area (Å²) in [6, 6.07) is 9.57. The van der Waals surface area contributed by atoms with E-state index in [0.717, 1.165) is 18.7 Å². The van der Waals surface area contributed by atoms with Crippen molar-refractivity contribution in [2.45, 2.75) is 27.3 Å². The van der Waals surface area contributed by atoms with Gasteiger partial charge in [-0.05, 0) is 38.0 Å². The van der Waals surface area contributed by atoms with Crippen LogP contribution in [0, 0.1) is 13.8 Å². The van der Waals surface area contributed by atoms with Crippen LogP contribution in [0.3, 0.4) is 0 Å². The van der Waals surface area contributed by atoms with E-state index in [1.165, 1.54) is 13.2 Å². The third-order valence-corrected chi connectivity index (χ3v) is 6.39. The molecule has 1 aromatic heterocycles. The van der Waals surface area contributed by atoms with Crippen molar-refractivity contribution in [3.05, 3.63) is 64.5 Å². The highest BCUT2D eigenvalue weighted by molar-refractivity contribution is 6.05. The summed E-state index contributed by atoms with van der Waals surface area (Å²) in [6.45, 7) is 9.97. The number of ketones is 1. The number of rotatable bonds is 10. The first-order valence-electron chi connectivity index (χ1n) is 12.0. The topological polar surface area (TPSA) is 81.1 Å². The molecule has 0 N–H and O–H groups in total. The number of benzene rings is 1.